The van der Waals surface area contributed by atoms with Crippen LogP contribution in [-0.2, 0) is 7.05 Å². The molecule has 4 nitrogen and oxygen atoms in total. The van der Waals surface area contributed by atoms with E-state index in [1.54, 1.807) is 13.2 Å². The van der Waals surface area contributed by atoms with Gasteiger partial charge in [0.2, 0.25) is 0 Å². The van der Waals surface area contributed by atoms with E-state index in [0.717, 1.165) is 13.0 Å². The van der Waals surface area contributed by atoms with E-state index >= 15 is 0 Å². The Morgan fingerprint density at radius 3 is 3.00 bits per heavy atom. The fourth-order valence-electron chi connectivity index (χ4n) is 0.894. The molecule has 0 fully saturated rings. The topological polar surface area (TPSA) is 46.9 Å². The van der Waals surface area contributed by atoms with E-state index in [2.05, 4.69) is 10.4 Å². The first kappa shape index (κ1) is 10.1. The van der Waals surface area contributed by atoms with Crippen molar-refractivity contribution in [2.24, 2.45) is 7.05 Å². The molecular formula is C8H12ClN3O. The molecule has 0 spiro atoms. The van der Waals surface area contributed by atoms with E-state index in [9.17, 15) is 4.79 Å². The van der Waals surface area contributed by atoms with Gasteiger partial charge in [0.1, 0.15) is 5.02 Å². The quantitative estimate of drug-likeness (QED) is 0.801. The third-order valence-corrected chi connectivity index (χ3v) is 2.01. The highest BCUT2D eigenvalue weighted by Crippen LogP contribution is 2.14. The zero-order chi connectivity index (χ0) is 9.84. The monoisotopic (exact) mass is 201 g/mol. The number of nitrogens with one attached hydrogen (secondary N) is 1. The molecule has 13 heavy (non-hydrogen) atoms. The molecule has 0 aliphatic rings. The van der Waals surface area contributed by atoms with Crippen LogP contribution in [0.15, 0.2) is 11.0 Å². The van der Waals surface area contributed by atoms with Crippen LogP contribution in [-0.4, -0.2) is 16.3 Å². The van der Waals surface area contributed by atoms with Crippen LogP contribution in [0.5, 0.6) is 0 Å². The van der Waals surface area contributed by atoms with Crippen molar-refractivity contribution in [1.29, 1.82) is 0 Å². The van der Waals surface area contributed by atoms with Crippen LogP contribution >= 0.6 is 11.6 Å². The number of nitrogens with zero attached hydrogens (tertiary/aromatic N) is 2. The van der Waals surface area contributed by atoms with Crippen LogP contribution in [0.2, 0.25) is 5.02 Å². The van der Waals surface area contributed by atoms with Crippen molar-refractivity contribution in [2.45, 2.75) is 13.3 Å². The summed E-state index contributed by atoms with van der Waals surface area (Å²) in [6, 6.07) is 0. The van der Waals surface area contributed by atoms with Gasteiger partial charge in [-0.15, -0.1) is 0 Å². The van der Waals surface area contributed by atoms with E-state index in [1.165, 1.54) is 4.68 Å². The maximum Gasteiger partial charge on any atom is 0.287 e. The van der Waals surface area contributed by atoms with Gasteiger partial charge in [-0.2, -0.15) is 5.10 Å². The predicted octanol–water partition coefficient (Wildman–Crippen LogP) is 1.26. The molecule has 0 bridgehead atoms. The largest absolute Gasteiger partial charge is 0.382 e. The van der Waals surface area contributed by atoms with Crippen LogP contribution in [0.4, 0.5) is 5.69 Å². The van der Waals surface area contributed by atoms with Crippen molar-refractivity contribution in [2.75, 3.05) is 11.9 Å². The van der Waals surface area contributed by atoms with E-state index in [-0.39, 0.29) is 10.6 Å². The van der Waals surface area contributed by atoms with Gasteiger partial charge in [-0.25, -0.2) is 4.68 Å². The predicted molar refractivity (Wildman–Crippen MR) is 53.3 cm³/mol. The summed E-state index contributed by atoms with van der Waals surface area (Å²) in [5, 5.41) is 7.07. The fourth-order valence-corrected chi connectivity index (χ4v) is 1.13. The lowest BCUT2D eigenvalue weighted by Crippen LogP contribution is -2.21. The molecule has 0 unspecified atom stereocenters. The Morgan fingerprint density at radius 2 is 2.38 bits per heavy atom. The van der Waals surface area contributed by atoms with E-state index in [0.29, 0.717) is 5.69 Å². The lowest BCUT2D eigenvalue weighted by atomic mass is 10.4. The highest BCUT2D eigenvalue weighted by Gasteiger charge is 2.05. The van der Waals surface area contributed by atoms with Gasteiger partial charge in [0, 0.05) is 13.6 Å². The standard InChI is InChI=1S/C8H12ClN3O/c1-3-4-10-6-5-11-12(2)8(13)7(6)9/h5,10H,3-4H2,1-2H3. The minimum absolute atomic E-state index is 0.200. The summed E-state index contributed by atoms with van der Waals surface area (Å²) in [7, 11) is 1.57. The number of hydrogen-bond acceptors (Lipinski definition) is 3. The molecule has 1 aromatic rings. The molecule has 0 saturated heterocycles. The van der Waals surface area contributed by atoms with Crippen molar-refractivity contribution >= 4 is 17.3 Å². The van der Waals surface area contributed by atoms with Gasteiger partial charge in [-0.1, -0.05) is 18.5 Å². The highest BCUT2D eigenvalue weighted by atomic mass is 35.5. The zero-order valence-corrected chi connectivity index (χ0v) is 8.43. The van der Waals surface area contributed by atoms with Crippen molar-refractivity contribution in [1.82, 2.24) is 9.78 Å². The number of aryl methyl sites for hydroxylation is 1. The molecule has 0 saturated carbocycles. The van der Waals surface area contributed by atoms with Crippen molar-refractivity contribution in [3.8, 4) is 0 Å². The smallest absolute Gasteiger partial charge is 0.287 e. The van der Waals surface area contributed by atoms with E-state index in [1.807, 2.05) is 6.92 Å². The molecule has 0 amide bonds. The Labute approximate surface area is 81.5 Å². The average Bonchev–Trinajstić information content (AvgIpc) is 2.13. The van der Waals surface area contributed by atoms with Crippen LogP contribution in [0, 0.1) is 0 Å². The molecule has 0 radical (unpaired) electrons. The second-order valence-corrected chi connectivity index (χ2v) is 3.11. The highest BCUT2D eigenvalue weighted by molar-refractivity contribution is 6.32. The lowest BCUT2D eigenvalue weighted by Gasteiger charge is -2.06. The van der Waals surface area contributed by atoms with Gasteiger partial charge in [0.05, 0.1) is 11.9 Å². The van der Waals surface area contributed by atoms with Gasteiger partial charge >= 0.3 is 0 Å². The third-order valence-electron chi connectivity index (χ3n) is 1.64. The Balaban J connectivity index is 2.97. The van der Waals surface area contributed by atoms with Gasteiger partial charge in [0.15, 0.2) is 0 Å². The minimum atomic E-state index is -0.275. The first-order chi connectivity index (χ1) is 6.16. The fraction of sp³-hybridized carbons (Fsp3) is 0.500. The average molecular weight is 202 g/mol. The van der Waals surface area contributed by atoms with Crippen molar-refractivity contribution in [3.05, 3.63) is 21.6 Å². The summed E-state index contributed by atoms with van der Waals surface area (Å²) in [6.45, 7) is 2.82. The van der Waals surface area contributed by atoms with Crippen molar-refractivity contribution < 1.29 is 0 Å². The van der Waals surface area contributed by atoms with Gasteiger partial charge in [-0.05, 0) is 6.42 Å². The zero-order valence-electron chi connectivity index (χ0n) is 7.67. The number of hydrogen-bond donors (Lipinski definition) is 1. The maximum absolute atomic E-state index is 11.3. The third kappa shape index (κ3) is 2.21. The summed E-state index contributed by atoms with van der Waals surface area (Å²) in [6.07, 6.45) is 2.53. The summed E-state index contributed by atoms with van der Waals surface area (Å²) >= 11 is 5.80. The minimum Gasteiger partial charge on any atom is -0.382 e. The second kappa shape index (κ2) is 4.28. The van der Waals surface area contributed by atoms with Gasteiger partial charge in [0.25, 0.3) is 5.56 Å². The molecule has 5 heteroatoms. The molecule has 1 rings (SSSR count). The Kier molecular flexibility index (Phi) is 3.31. The van der Waals surface area contributed by atoms with Crippen LogP contribution in [0.25, 0.3) is 0 Å². The number of aromatic nitrogens is 2. The molecule has 1 aromatic heterocycles. The van der Waals surface area contributed by atoms with E-state index in [4.69, 9.17) is 11.6 Å². The summed E-state index contributed by atoms with van der Waals surface area (Å²) in [4.78, 5) is 11.3. The lowest BCUT2D eigenvalue weighted by molar-refractivity contribution is 0.708. The molecule has 72 valence electrons. The van der Waals surface area contributed by atoms with E-state index < -0.39 is 0 Å². The molecule has 0 aliphatic heterocycles. The Bertz CT molecular complexity index is 348. The summed E-state index contributed by atoms with van der Waals surface area (Å²) < 4.78 is 1.21. The molecule has 0 aliphatic carbocycles. The molecule has 1 heterocycles. The number of anilines is 1. The SMILES string of the molecule is CCCNc1cnn(C)c(=O)c1Cl. The van der Waals surface area contributed by atoms with Crippen LogP contribution < -0.4 is 10.9 Å². The summed E-state index contributed by atoms with van der Waals surface area (Å²) in [5.74, 6) is 0. The van der Waals surface area contributed by atoms with Crippen LogP contribution in [0.1, 0.15) is 13.3 Å². The number of rotatable bonds is 3. The molecule has 0 atom stereocenters. The second-order valence-electron chi connectivity index (χ2n) is 2.73. The maximum atomic E-state index is 11.3. The van der Waals surface area contributed by atoms with Gasteiger partial charge in [-0.3, -0.25) is 4.79 Å². The first-order valence-corrected chi connectivity index (χ1v) is 4.50. The number of halogens is 1. The Morgan fingerprint density at radius 1 is 1.69 bits per heavy atom. The Hall–Kier alpha value is -1.03. The molecule has 1 N–H and O–H groups in total. The summed E-state index contributed by atoms with van der Waals surface area (Å²) in [5.41, 5.74) is 0.328. The van der Waals surface area contributed by atoms with Crippen molar-refractivity contribution in [3.63, 3.8) is 0 Å². The normalized spacial score (nSPS) is 10.1. The van der Waals surface area contributed by atoms with Crippen LogP contribution in [0.3, 0.4) is 0 Å². The van der Waals surface area contributed by atoms with Gasteiger partial charge < -0.3 is 5.32 Å². The molecule has 0 aromatic carbocycles. The molecular weight excluding hydrogens is 190 g/mol. The first-order valence-electron chi connectivity index (χ1n) is 4.12.